The summed E-state index contributed by atoms with van der Waals surface area (Å²) in [4.78, 5) is 12.8. The van der Waals surface area contributed by atoms with Gasteiger partial charge >= 0.3 is 5.97 Å². The maximum atomic E-state index is 10.8. The van der Waals surface area contributed by atoms with Gasteiger partial charge in [0.2, 0.25) is 0 Å². The SMILES string of the molecule is CCOc1ccc(N(C)C2CC2C(=O)O)cc1. The van der Waals surface area contributed by atoms with Crippen LogP contribution in [0.2, 0.25) is 0 Å². The molecule has 1 aliphatic carbocycles. The van der Waals surface area contributed by atoms with E-state index in [1.807, 2.05) is 43.1 Å². The van der Waals surface area contributed by atoms with Crippen LogP contribution in [0.5, 0.6) is 5.75 Å². The van der Waals surface area contributed by atoms with Gasteiger partial charge in [-0.2, -0.15) is 0 Å². The third-order valence-electron chi connectivity index (χ3n) is 3.13. The van der Waals surface area contributed by atoms with Crippen molar-refractivity contribution in [2.75, 3.05) is 18.6 Å². The smallest absolute Gasteiger partial charge is 0.308 e. The predicted octanol–water partition coefficient (Wildman–Crippen LogP) is 1.99. The lowest BCUT2D eigenvalue weighted by Gasteiger charge is -2.19. The second kappa shape index (κ2) is 4.65. The monoisotopic (exact) mass is 235 g/mol. The van der Waals surface area contributed by atoms with Crippen molar-refractivity contribution >= 4 is 11.7 Å². The minimum absolute atomic E-state index is 0.130. The summed E-state index contributed by atoms with van der Waals surface area (Å²) in [6.07, 6.45) is 0.735. The Kier molecular flexibility index (Phi) is 3.22. The molecule has 4 heteroatoms. The van der Waals surface area contributed by atoms with Gasteiger partial charge in [0.05, 0.1) is 12.5 Å². The van der Waals surface area contributed by atoms with E-state index in [4.69, 9.17) is 9.84 Å². The second-order valence-corrected chi connectivity index (χ2v) is 4.29. The molecule has 0 aliphatic heterocycles. The van der Waals surface area contributed by atoms with Crippen molar-refractivity contribution in [3.8, 4) is 5.75 Å². The minimum Gasteiger partial charge on any atom is -0.494 e. The van der Waals surface area contributed by atoms with Crippen molar-refractivity contribution in [2.45, 2.75) is 19.4 Å². The molecular formula is C13H17NO3. The van der Waals surface area contributed by atoms with Crippen molar-refractivity contribution in [2.24, 2.45) is 5.92 Å². The Bertz CT molecular complexity index is 402. The van der Waals surface area contributed by atoms with Gasteiger partial charge in [0.15, 0.2) is 0 Å². The first-order chi connectivity index (χ1) is 8.13. The van der Waals surface area contributed by atoms with E-state index in [9.17, 15) is 4.79 Å². The van der Waals surface area contributed by atoms with Gasteiger partial charge < -0.3 is 14.7 Å². The van der Waals surface area contributed by atoms with E-state index in [-0.39, 0.29) is 12.0 Å². The molecular weight excluding hydrogens is 218 g/mol. The van der Waals surface area contributed by atoms with Crippen LogP contribution >= 0.6 is 0 Å². The number of anilines is 1. The highest BCUT2D eigenvalue weighted by molar-refractivity contribution is 5.76. The highest BCUT2D eigenvalue weighted by atomic mass is 16.5. The maximum Gasteiger partial charge on any atom is 0.308 e. The van der Waals surface area contributed by atoms with Crippen molar-refractivity contribution in [1.82, 2.24) is 0 Å². The Balaban J connectivity index is 2.00. The molecule has 0 spiro atoms. The number of aliphatic carboxylic acids is 1. The van der Waals surface area contributed by atoms with Crippen LogP contribution in [0.25, 0.3) is 0 Å². The van der Waals surface area contributed by atoms with Crippen LogP contribution in [0.4, 0.5) is 5.69 Å². The lowest BCUT2D eigenvalue weighted by atomic mass is 10.2. The first kappa shape index (κ1) is 11.8. The highest BCUT2D eigenvalue weighted by Gasteiger charge is 2.46. The van der Waals surface area contributed by atoms with Gasteiger partial charge in [-0.05, 0) is 37.6 Å². The Morgan fingerprint density at radius 1 is 1.47 bits per heavy atom. The third-order valence-corrected chi connectivity index (χ3v) is 3.13. The zero-order valence-corrected chi connectivity index (χ0v) is 10.1. The fourth-order valence-electron chi connectivity index (χ4n) is 2.01. The summed E-state index contributed by atoms with van der Waals surface area (Å²) in [5.74, 6) is -0.0745. The van der Waals surface area contributed by atoms with Crippen molar-refractivity contribution in [3.05, 3.63) is 24.3 Å². The van der Waals surface area contributed by atoms with Gasteiger partial charge in [0.1, 0.15) is 5.75 Å². The summed E-state index contributed by atoms with van der Waals surface area (Å²) in [5.41, 5.74) is 1.03. The summed E-state index contributed by atoms with van der Waals surface area (Å²) < 4.78 is 5.36. The molecule has 0 saturated heterocycles. The summed E-state index contributed by atoms with van der Waals surface area (Å²) in [6.45, 7) is 2.60. The number of hydrogen-bond acceptors (Lipinski definition) is 3. The Morgan fingerprint density at radius 2 is 2.12 bits per heavy atom. The molecule has 17 heavy (non-hydrogen) atoms. The normalized spacial score (nSPS) is 22.0. The first-order valence-electron chi connectivity index (χ1n) is 5.82. The molecule has 0 amide bonds. The number of hydrogen-bond donors (Lipinski definition) is 1. The van der Waals surface area contributed by atoms with Gasteiger partial charge in [0, 0.05) is 18.8 Å². The third kappa shape index (κ3) is 2.52. The number of benzene rings is 1. The van der Waals surface area contributed by atoms with E-state index in [0.29, 0.717) is 6.61 Å². The molecule has 0 aromatic heterocycles. The van der Waals surface area contributed by atoms with E-state index in [2.05, 4.69) is 0 Å². The quantitative estimate of drug-likeness (QED) is 0.848. The number of nitrogens with zero attached hydrogens (tertiary/aromatic N) is 1. The van der Waals surface area contributed by atoms with Crippen LogP contribution in [0, 0.1) is 5.92 Å². The van der Waals surface area contributed by atoms with Crippen LogP contribution in [-0.2, 0) is 4.79 Å². The van der Waals surface area contributed by atoms with Crippen LogP contribution in [0.1, 0.15) is 13.3 Å². The Hall–Kier alpha value is -1.71. The van der Waals surface area contributed by atoms with Crippen molar-refractivity contribution in [3.63, 3.8) is 0 Å². The maximum absolute atomic E-state index is 10.8. The molecule has 0 radical (unpaired) electrons. The van der Waals surface area contributed by atoms with Gasteiger partial charge in [0.25, 0.3) is 0 Å². The van der Waals surface area contributed by atoms with E-state index in [1.54, 1.807) is 0 Å². The summed E-state index contributed by atoms with van der Waals surface area (Å²) in [7, 11) is 1.93. The predicted molar refractivity (Wildman–Crippen MR) is 65.5 cm³/mol. The highest BCUT2D eigenvalue weighted by Crippen LogP contribution is 2.37. The lowest BCUT2D eigenvalue weighted by Crippen LogP contribution is -2.23. The van der Waals surface area contributed by atoms with Gasteiger partial charge in [-0.15, -0.1) is 0 Å². The fourth-order valence-corrected chi connectivity index (χ4v) is 2.01. The first-order valence-corrected chi connectivity index (χ1v) is 5.82. The van der Waals surface area contributed by atoms with E-state index in [0.717, 1.165) is 17.9 Å². The molecule has 2 rings (SSSR count). The molecule has 2 atom stereocenters. The fraction of sp³-hybridized carbons (Fsp3) is 0.462. The number of carboxylic acids is 1. The zero-order chi connectivity index (χ0) is 12.4. The largest absolute Gasteiger partial charge is 0.494 e. The molecule has 1 N–H and O–H groups in total. The Labute approximate surface area is 101 Å². The van der Waals surface area contributed by atoms with Gasteiger partial charge in [-0.1, -0.05) is 0 Å². The molecule has 92 valence electrons. The number of rotatable bonds is 5. The van der Waals surface area contributed by atoms with Crippen LogP contribution in [0.15, 0.2) is 24.3 Å². The molecule has 1 aliphatic rings. The molecule has 1 aromatic rings. The van der Waals surface area contributed by atoms with Crippen LogP contribution in [0.3, 0.4) is 0 Å². The summed E-state index contributed by atoms with van der Waals surface area (Å²) in [5, 5.41) is 8.89. The van der Waals surface area contributed by atoms with Crippen molar-refractivity contribution < 1.29 is 14.6 Å². The van der Waals surface area contributed by atoms with E-state index >= 15 is 0 Å². The molecule has 4 nitrogen and oxygen atoms in total. The number of carbonyl (C=O) groups is 1. The van der Waals surface area contributed by atoms with Gasteiger partial charge in [-0.25, -0.2) is 0 Å². The van der Waals surface area contributed by atoms with Gasteiger partial charge in [-0.3, -0.25) is 4.79 Å². The molecule has 1 fully saturated rings. The second-order valence-electron chi connectivity index (χ2n) is 4.29. The number of carboxylic acid groups (broad SMARTS) is 1. The molecule has 1 aromatic carbocycles. The average Bonchev–Trinajstić information content (AvgIpc) is 3.09. The topological polar surface area (TPSA) is 49.8 Å². The van der Waals surface area contributed by atoms with Crippen LogP contribution in [-0.4, -0.2) is 30.8 Å². The van der Waals surface area contributed by atoms with Crippen LogP contribution < -0.4 is 9.64 Å². The molecule has 1 saturated carbocycles. The number of ether oxygens (including phenoxy) is 1. The molecule has 2 unspecified atom stereocenters. The molecule has 0 bridgehead atoms. The zero-order valence-electron chi connectivity index (χ0n) is 10.1. The minimum atomic E-state index is -0.701. The summed E-state index contributed by atoms with van der Waals surface area (Å²) in [6, 6.07) is 7.87. The van der Waals surface area contributed by atoms with E-state index in [1.165, 1.54) is 0 Å². The molecule has 0 heterocycles. The Morgan fingerprint density at radius 3 is 2.59 bits per heavy atom. The standard InChI is InChI=1S/C13H17NO3/c1-3-17-10-6-4-9(5-7-10)14(2)12-8-11(12)13(15)16/h4-7,11-12H,3,8H2,1-2H3,(H,15,16). The van der Waals surface area contributed by atoms with E-state index < -0.39 is 5.97 Å². The summed E-state index contributed by atoms with van der Waals surface area (Å²) >= 11 is 0. The lowest BCUT2D eigenvalue weighted by molar-refractivity contribution is -0.138. The average molecular weight is 235 g/mol. The van der Waals surface area contributed by atoms with Crippen molar-refractivity contribution in [1.29, 1.82) is 0 Å².